The van der Waals surface area contributed by atoms with Gasteiger partial charge in [-0.25, -0.2) is 0 Å². The molecule has 1 unspecified atom stereocenters. The fraction of sp³-hybridized carbons (Fsp3) is 0.474. The average molecular weight is 670 g/mol. The third-order valence-electron chi connectivity index (χ3n) is 9.98. The molecular formula is C38H47Cl3N2O2. The van der Waals surface area contributed by atoms with E-state index in [-0.39, 0.29) is 10.8 Å². The summed E-state index contributed by atoms with van der Waals surface area (Å²) in [4.78, 5) is 4.50. The summed E-state index contributed by atoms with van der Waals surface area (Å²) in [7, 11) is 4.22. The number of likely N-dealkylation sites (N-methyl/N-ethyl adjacent to an activating group) is 2. The molecule has 0 fully saturated rings. The maximum atomic E-state index is 7.18. The molecule has 2 heterocycles. The number of halogens is 3. The van der Waals surface area contributed by atoms with Crippen LogP contribution in [0.15, 0.2) is 82.6 Å². The topological polar surface area (TPSA) is 24.9 Å². The number of nitrogens with zero attached hydrogens (tertiary/aromatic N) is 2. The lowest BCUT2D eigenvalue weighted by atomic mass is 9.77. The SMILES string of the molecule is CCCCOCCOC1(/C=C/C2=C(Cl)C(=C/C=C3\N(C)c4ccc(Cl)cc4C3(C)C)/CCC2)N(C)c2ccc(Cl)cc2C1(C)C. The molecule has 1 aliphatic carbocycles. The van der Waals surface area contributed by atoms with E-state index in [4.69, 9.17) is 44.3 Å². The molecule has 4 nitrogen and oxygen atoms in total. The van der Waals surface area contributed by atoms with E-state index in [9.17, 15) is 0 Å². The predicted molar refractivity (Wildman–Crippen MR) is 192 cm³/mol. The van der Waals surface area contributed by atoms with E-state index in [0.717, 1.165) is 76.2 Å². The molecule has 242 valence electrons. The monoisotopic (exact) mass is 668 g/mol. The fourth-order valence-corrected chi connectivity index (χ4v) is 7.91. The van der Waals surface area contributed by atoms with Crippen LogP contribution in [-0.2, 0) is 20.3 Å². The number of fused-ring (bicyclic) bond motifs is 2. The lowest BCUT2D eigenvalue weighted by molar-refractivity contribution is -0.0681. The van der Waals surface area contributed by atoms with Crippen LogP contribution in [0, 0.1) is 0 Å². The molecule has 1 atom stereocenters. The van der Waals surface area contributed by atoms with Crippen molar-refractivity contribution in [1.29, 1.82) is 0 Å². The first-order chi connectivity index (χ1) is 21.3. The molecule has 2 aromatic rings. The van der Waals surface area contributed by atoms with Crippen LogP contribution in [0.2, 0.25) is 10.0 Å². The second kappa shape index (κ2) is 13.5. The number of hydrogen-bond donors (Lipinski definition) is 0. The number of allylic oxidation sites excluding steroid dienone is 7. The van der Waals surface area contributed by atoms with Crippen LogP contribution in [0.25, 0.3) is 0 Å². The zero-order valence-corrected chi connectivity index (χ0v) is 30.0. The van der Waals surface area contributed by atoms with Crippen molar-refractivity contribution in [2.45, 2.75) is 83.3 Å². The number of anilines is 2. The minimum absolute atomic E-state index is 0.167. The van der Waals surface area contributed by atoms with Gasteiger partial charge < -0.3 is 19.3 Å². The van der Waals surface area contributed by atoms with Gasteiger partial charge in [-0.15, -0.1) is 0 Å². The summed E-state index contributed by atoms with van der Waals surface area (Å²) >= 11 is 20.1. The average Bonchev–Trinajstić information content (AvgIpc) is 3.28. The quantitative estimate of drug-likeness (QED) is 0.235. The lowest BCUT2D eigenvalue weighted by Crippen LogP contribution is -2.55. The summed E-state index contributed by atoms with van der Waals surface area (Å²) < 4.78 is 12.7. The standard InChI is InChI=1S/C38H47Cl3N2O2/c1-8-9-21-44-22-23-45-38(37(4,5)31-25-29(40)15-17-33(31)43(38)7)20-19-27-12-10-11-26(35(27)41)13-18-34-36(2,3)30-24-28(39)14-16-32(30)42(34)6/h13-20,24-25H,8-12,21-23H2,1-7H3/b20-19+,26-13+,34-18-. The van der Waals surface area contributed by atoms with Crippen LogP contribution in [-0.4, -0.2) is 39.6 Å². The third kappa shape index (κ3) is 6.26. The van der Waals surface area contributed by atoms with E-state index in [1.165, 1.54) is 16.9 Å². The highest BCUT2D eigenvalue weighted by Crippen LogP contribution is 2.53. The summed E-state index contributed by atoms with van der Waals surface area (Å²) in [6.07, 6.45) is 13.9. The molecule has 45 heavy (non-hydrogen) atoms. The maximum Gasteiger partial charge on any atom is 0.169 e. The van der Waals surface area contributed by atoms with Gasteiger partial charge in [0.15, 0.2) is 5.72 Å². The van der Waals surface area contributed by atoms with Crippen molar-refractivity contribution in [3.8, 4) is 0 Å². The minimum atomic E-state index is -0.745. The van der Waals surface area contributed by atoms with Gasteiger partial charge in [-0.1, -0.05) is 88.0 Å². The zero-order chi connectivity index (χ0) is 32.6. The highest BCUT2D eigenvalue weighted by atomic mass is 35.5. The van der Waals surface area contributed by atoms with E-state index in [1.54, 1.807) is 0 Å². The molecule has 2 aliphatic heterocycles. The van der Waals surface area contributed by atoms with E-state index in [1.807, 2.05) is 12.1 Å². The Morgan fingerprint density at radius 3 is 2.24 bits per heavy atom. The number of unbranched alkanes of at least 4 members (excludes halogenated alkanes) is 1. The van der Waals surface area contributed by atoms with Gasteiger partial charge in [-0.05, 0) is 96.5 Å². The number of rotatable bonds is 10. The first-order valence-electron chi connectivity index (χ1n) is 16.1. The van der Waals surface area contributed by atoms with Crippen LogP contribution in [0.3, 0.4) is 0 Å². The van der Waals surface area contributed by atoms with E-state index in [2.05, 4.69) is 107 Å². The highest BCUT2D eigenvalue weighted by Gasteiger charge is 2.55. The van der Waals surface area contributed by atoms with Gasteiger partial charge >= 0.3 is 0 Å². The second-order valence-corrected chi connectivity index (χ2v) is 14.7. The van der Waals surface area contributed by atoms with Gasteiger partial charge in [-0.3, -0.25) is 0 Å². The first kappa shape index (κ1) is 34.1. The Bertz CT molecular complexity index is 1550. The molecular weight excluding hydrogens is 623 g/mol. The molecule has 7 heteroatoms. The molecule has 0 N–H and O–H groups in total. The van der Waals surface area contributed by atoms with Crippen molar-refractivity contribution < 1.29 is 9.47 Å². The number of benzene rings is 2. The molecule has 3 aliphatic rings. The molecule has 0 amide bonds. The van der Waals surface area contributed by atoms with Crippen LogP contribution in [0.5, 0.6) is 0 Å². The maximum absolute atomic E-state index is 7.18. The molecule has 0 spiro atoms. The van der Waals surface area contributed by atoms with Crippen LogP contribution in [0.4, 0.5) is 11.4 Å². The van der Waals surface area contributed by atoms with Gasteiger partial charge in [0, 0.05) is 63.7 Å². The van der Waals surface area contributed by atoms with Crippen molar-refractivity contribution in [2.75, 3.05) is 43.7 Å². The van der Waals surface area contributed by atoms with Crippen molar-refractivity contribution in [1.82, 2.24) is 0 Å². The van der Waals surface area contributed by atoms with Gasteiger partial charge in [0.25, 0.3) is 0 Å². The summed E-state index contributed by atoms with van der Waals surface area (Å²) in [5.74, 6) is 0. The zero-order valence-electron chi connectivity index (χ0n) is 27.8. The molecule has 2 aromatic carbocycles. The Hall–Kier alpha value is -2.21. The van der Waals surface area contributed by atoms with E-state index >= 15 is 0 Å². The third-order valence-corrected chi connectivity index (χ3v) is 10.9. The minimum Gasteiger partial charge on any atom is -0.379 e. The van der Waals surface area contributed by atoms with Gasteiger partial charge in [0.2, 0.25) is 0 Å². The Balaban J connectivity index is 1.46. The highest BCUT2D eigenvalue weighted by molar-refractivity contribution is 6.32. The van der Waals surface area contributed by atoms with Gasteiger partial charge in [0.05, 0.1) is 13.2 Å². The summed E-state index contributed by atoms with van der Waals surface area (Å²) in [6, 6.07) is 12.3. The van der Waals surface area contributed by atoms with Gasteiger partial charge in [0.1, 0.15) is 0 Å². The molecule has 0 saturated carbocycles. The normalized spacial score (nSPS) is 24.0. The van der Waals surface area contributed by atoms with Crippen LogP contribution < -0.4 is 9.80 Å². The Kier molecular flexibility index (Phi) is 10.2. The second-order valence-electron chi connectivity index (χ2n) is 13.5. The van der Waals surface area contributed by atoms with Crippen molar-refractivity contribution in [2.24, 2.45) is 0 Å². The van der Waals surface area contributed by atoms with Crippen LogP contribution >= 0.6 is 34.8 Å². The lowest BCUT2D eigenvalue weighted by Gasteiger charge is -2.44. The summed E-state index contributed by atoms with van der Waals surface area (Å²) in [5, 5.41) is 2.31. The largest absolute Gasteiger partial charge is 0.379 e. The molecule has 0 radical (unpaired) electrons. The Morgan fingerprint density at radius 1 is 0.844 bits per heavy atom. The van der Waals surface area contributed by atoms with Crippen LogP contribution in [0.1, 0.15) is 77.8 Å². The molecule has 5 rings (SSSR count). The number of ether oxygens (including phenoxy) is 2. The predicted octanol–water partition coefficient (Wildman–Crippen LogP) is 10.7. The van der Waals surface area contributed by atoms with E-state index < -0.39 is 5.72 Å². The summed E-state index contributed by atoms with van der Waals surface area (Å²) in [5.41, 5.74) is 6.91. The smallest absolute Gasteiger partial charge is 0.169 e. The first-order valence-corrected chi connectivity index (χ1v) is 17.3. The van der Waals surface area contributed by atoms with Gasteiger partial charge in [-0.2, -0.15) is 0 Å². The van der Waals surface area contributed by atoms with E-state index in [0.29, 0.717) is 13.2 Å². The van der Waals surface area contributed by atoms with Crippen molar-refractivity contribution in [3.63, 3.8) is 0 Å². The number of hydrogen-bond acceptors (Lipinski definition) is 4. The molecule has 0 bridgehead atoms. The molecule has 0 saturated heterocycles. The van der Waals surface area contributed by atoms with Crippen molar-refractivity contribution >= 4 is 46.2 Å². The Morgan fingerprint density at radius 2 is 1.53 bits per heavy atom. The van der Waals surface area contributed by atoms with Crippen molar-refractivity contribution in [3.05, 3.63) is 104 Å². The summed E-state index contributed by atoms with van der Waals surface area (Å²) in [6.45, 7) is 12.9. The fourth-order valence-electron chi connectivity index (χ4n) is 7.25. The molecule has 0 aromatic heterocycles. The Labute approximate surface area is 285 Å².